The van der Waals surface area contributed by atoms with Crippen molar-refractivity contribution < 1.29 is 14.6 Å². The quantitative estimate of drug-likeness (QED) is 0.703. The number of benzene rings is 2. The van der Waals surface area contributed by atoms with E-state index in [2.05, 4.69) is 47.1 Å². The number of morpholine rings is 1. The SMILES string of the molecule is Cc1c(-c2ccc(OCC(O)CN3CCOCC3)cc2)[nH]c2ccccc12. The van der Waals surface area contributed by atoms with Crippen LogP contribution in [0, 0.1) is 6.92 Å². The molecular weight excluding hydrogens is 340 g/mol. The summed E-state index contributed by atoms with van der Waals surface area (Å²) in [4.78, 5) is 5.71. The number of rotatable bonds is 6. The Morgan fingerprint density at radius 1 is 1.11 bits per heavy atom. The zero-order valence-corrected chi connectivity index (χ0v) is 15.6. The van der Waals surface area contributed by atoms with Crippen molar-refractivity contribution >= 4 is 10.9 Å². The van der Waals surface area contributed by atoms with Gasteiger partial charge in [-0.2, -0.15) is 0 Å². The standard InChI is InChI=1S/C22H26N2O3/c1-16-20-4-2-3-5-21(20)23-22(16)17-6-8-19(9-7-17)27-15-18(25)14-24-10-12-26-13-11-24/h2-9,18,23,25H,10-15H2,1H3. The highest BCUT2D eigenvalue weighted by Crippen LogP contribution is 2.30. The maximum absolute atomic E-state index is 10.2. The normalized spacial score (nSPS) is 16.5. The Morgan fingerprint density at radius 2 is 1.85 bits per heavy atom. The fraction of sp³-hybridized carbons (Fsp3) is 0.364. The molecule has 142 valence electrons. The number of para-hydroxylation sites is 1. The molecule has 3 aromatic rings. The summed E-state index contributed by atoms with van der Waals surface area (Å²) in [6.45, 7) is 6.27. The van der Waals surface area contributed by atoms with Gasteiger partial charge < -0.3 is 19.6 Å². The van der Waals surface area contributed by atoms with Gasteiger partial charge in [-0.25, -0.2) is 0 Å². The summed E-state index contributed by atoms with van der Waals surface area (Å²) in [5.74, 6) is 0.772. The number of fused-ring (bicyclic) bond motifs is 1. The summed E-state index contributed by atoms with van der Waals surface area (Å²) < 4.78 is 11.1. The number of H-pyrrole nitrogens is 1. The molecule has 0 amide bonds. The molecule has 2 N–H and O–H groups in total. The summed E-state index contributed by atoms with van der Waals surface area (Å²) in [7, 11) is 0. The maximum atomic E-state index is 10.2. The molecule has 0 bridgehead atoms. The van der Waals surface area contributed by atoms with E-state index < -0.39 is 6.10 Å². The first kappa shape index (κ1) is 18.0. The topological polar surface area (TPSA) is 57.7 Å². The van der Waals surface area contributed by atoms with Crippen LogP contribution in [0.5, 0.6) is 5.75 Å². The second-order valence-electron chi connectivity index (χ2n) is 7.07. The number of aryl methyl sites for hydroxylation is 1. The smallest absolute Gasteiger partial charge is 0.119 e. The lowest BCUT2D eigenvalue weighted by atomic mass is 10.1. The Hall–Kier alpha value is -2.34. The van der Waals surface area contributed by atoms with E-state index in [9.17, 15) is 5.11 Å². The fourth-order valence-electron chi connectivity index (χ4n) is 3.62. The Bertz CT molecular complexity index is 882. The van der Waals surface area contributed by atoms with Crippen molar-refractivity contribution in [1.29, 1.82) is 0 Å². The molecule has 1 unspecified atom stereocenters. The third kappa shape index (κ3) is 4.16. The Morgan fingerprint density at radius 3 is 2.59 bits per heavy atom. The van der Waals surface area contributed by atoms with Crippen molar-refractivity contribution in [1.82, 2.24) is 9.88 Å². The number of β-amino-alcohol motifs (C(OH)–C–C–N with tert-alkyl or cyclic N) is 1. The molecule has 1 atom stereocenters. The van der Waals surface area contributed by atoms with E-state index in [-0.39, 0.29) is 0 Å². The molecular formula is C22H26N2O3. The van der Waals surface area contributed by atoms with Crippen molar-refractivity contribution in [2.45, 2.75) is 13.0 Å². The molecule has 0 aliphatic carbocycles. The van der Waals surface area contributed by atoms with Crippen LogP contribution in [0.25, 0.3) is 22.2 Å². The van der Waals surface area contributed by atoms with Gasteiger partial charge in [-0.3, -0.25) is 4.90 Å². The van der Waals surface area contributed by atoms with Crippen LogP contribution in [0.15, 0.2) is 48.5 Å². The van der Waals surface area contributed by atoms with Gasteiger partial charge in [-0.05, 0) is 48.4 Å². The van der Waals surface area contributed by atoms with Crippen LogP contribution in [0.1, 0.15) is 5.56 Å². The first-order valence-corrected chi connectivity index (χ1v) is 9.49. The number of ether oxygens (including phenoxy) is 2. The monoisotopic (exact) mass is 366 g/mol. The van der Waals surface area contributed by atoms with Crippen LogP contribution in [-0.2, 0) is 4.74 Å². The van der Waals surface area contributed by atoms with E-state index in [1.54, 1.807) is 0 Å². The van der Waals surface area contributed by atoms with Crippen molar-refractivity contribution in [3.05, 3.63) is 54.1 Å². The summed E-state index contributed by atoms with van der Waals surface area (Å²) >= 11 is 0. The molecule has 1 fully saturated rings. The lowest BCUT2D eigenvalue weighted by Gasteiger charge is -2.28. The molecule has 5 heteroatoms. The number of aliphatic hydroxyl groups is 1. The minimum atomic E-state index is -0.501. The van der Waals surface area contributed by atoms with Crippen molar-refractivity contribution in [3.8, 4) is 17.0 Å². The van der Waals surface area contributed by atoms with Crippen LogP contribution < -0.4 is 4.74 Å². The molecule has 0 radical (unpaired) electrons. The number of nitrogens with zero attached hydrogens (tertiary/aromatic N) is 1. The van der Waals surface area contributed by atoms with E-state index in [0.717, 1.165) is 48.8 Å². The van der Waals surface area contributed by atoms with E-state index in [4.69, 9.17) is 9.47 Å². The molecule has 0 spiro atoms. The van der Waals surface area contributed by atoms with Crippen LogP contribution in [0.2, 0.25) is 0 Å². The molecule has 1 saturated heterocycles. The molecule has 5 nitrogen and oxygen atoms in total. The lowest BCUT2D eigenvalue weighted by Crippen LogP contribution is -2.42. The van der Waals surface area contributed by atoms with Gasteiger partial charge in [0.15, 0.2) is 0 Å². The van der Waals surface area contributed by atoms with Crippen LogP contribution in [0.4, 0.5) is 0 Å². The third-order valence-electron chi connectivity index (χ3n) is 5.12. The summed E-state index contributed by atoms with van der Waals surface area (Å²) in [6, 6.07) is 16.4. The van der Waals surface area contributed by atoms with E-state index in [0.29, 0.717) is 13.2 Å². The summed E-state index contributed by atoms with van der Waals surface area (Å²) in [5, 5.41) is 11.4. The van der Waals surface area contributed by atoms with E-state index >= 15 is 0 Å². The Balaban J connectivity index is 1.37. The number of nitrogens with one attached hydrogen (secondary N) is 1. The zero-order valence-electron chi connectivity index (χ0n) is 15.6. The molecule has 27 heavy (non-hydrogen) atoms. The fourth-order valence-corrected chi connectivity index (χ4v) is 3.62. The van der Waals surface area contributed by atoms with E-state index in [1.807, 2.05) is 18.2 Å². The van der Waals surface area contributed by atoms with Crippen LogP contribution >= 0.6 is 0 Å². The number of aliphatic hydroxyl groups excluding tert-OH is 1. The van der Waals surface area contributed by atoms with Crippen molar-refractivity contribution in [2.24, 2.45) is 0 Å². The molecule has 1 aromatic heterocycles. The second-order valence-corrected chi connectivity index (χ2v) is 7.07. The average Bonchev–Trinajstić information content (AvgIpc) is 3.04. The number of hydrogen-bond donors (Lipinski definition) is 2. The first-order valence-electron chi connectivity index (χ1n) is 9.49. The average molecular weight is 366 g/mol. The second kappa shape index (κ2) is 8.13. The van der Waals surface area contributed by atoms with Gasteiger partial charge in [-0.15, -0.1) is 0 Å². The van der Waals surface area contributed by atoms with Gasteiger partial charge >= 0.3 is 0 Å². The molecule has 0 saturated carbocycles. The zero-order chi connectivity index (χ0) is 18.6. The van der Waals surface area contributed by atoms with E-state index in [1.165, 1.54) is 10.9 Å². The lowest BCUT2D eigenvalue weighted by molar-refractivity contribution is 0.00466. The van der Waals surface area contributed by atoms with Gasteiger partial charge in [-0.1, -0.05) is 18.2 Å². The van der Waals surface area contributed by atoms with Crippen LogP contribution in [-0.4, -0.2) is 60.5 Å². The summed E-state index contributed by atoms with van der Waals surface area (Å²) in [5.41, 5.74) is 4.66. The molecule has 4 rings (SSSR count). The molecule has 2 heterocycles. The number of aromatic amines is 1. The predicted molar refractivity (Wildman–Crippen MR) is 107 cm³/mol. The van der Waals surface area contributed by atoms with Crippen molar-refractivity contribution in [2.75, 3.05) is 39.5 Å². The molecule has 2 aromatic carbocycles. The minimum Gasteiger partial charge on any atom is -0.491 e. The van der Waals surface area contributed by atoms with Gasteiger partial charge in [0, 0.05) is 36.2 Å². The molecule has 1 aliphatic rings. The van der Waals surface area contributed by atoms with Gasteiger partial charge in [0.2, 0.25) is 0 Å². The molecule has 1 aliphatic heterocycles. The van der Waals surface area contributed by atoms with Crippen molar-refractivity contribution in [3.63, 3.8) is 0 Å². The van der Waals surface area contributed by atoms with Gasteiger partial charge in [0.05, 0.1) is 13.2 Å². The highest BCUT2D eigenvalue weighted by molar-refractivity contribution is 5.90. The summed E-state index contributed by atoms with van der Waals surface area (Å²) in [6.07, 6.45) is -0.501. The number of aromatic nitrogens is 1. The maximum Gasteiger partial charge on any atom is 0.119 e. The minimum absolute atomic E-state index is 0.294. The van der Waals surface area contributed by atoms with Gasteiger partial charge in [0.1, 0.15) is 18.5 Å². The predicted octanol–water partition coefficient (Wildman–Crippen LogP) is 3.22. The first-order chi connectivity index (χ1) is 13.2. The van der Waals surface area contributed by atoms with Crippen LogP contribution in [0.3, 0.4) is 0 Å². The Labute approximate surface area is 159 Å². The Kier molecular flexibility index (Phi) is 5.43. The third-order valence-corrected chi connectivity index (χ3v) is 5.12. The highest BCUT2D eigenvalue weighted by Gasteiger charge is 2.15. The largest absolute Gasteiger partial charge is 0.491 e. The highest BCUT2D eigenvalue weighted by atomic mass is 16.5. The number of hydrogen-bond acceptors (Lipinski definition) is 4. The van der Waals surface area contributed by atoms with Gasteiger partial charge in [0.25, 0.3) is 0 Å².